The van der Waals surface area contributed by atoms with E-state index in [-0.39, 0.29) is 5.69 Å². The van der Waals surface area contributed by atoms with Crippen LogP contribution in [0.25, 0.3) is 33.3 Å². The molecular formula is C35H24N4O. The fourth-order valence-corrected chi connectivity index (χ4v) is 5.23. The molecule has 6 rings (SSSR count). The average Bonchev–Trinajstić information content (AvgIpc) is 3.28. The first kappa shape index (κ1) is 24.7. The Bertz CT molecular complexity index is 1990. The Balaban J connectivity index is 1.58. The number of imidazole rings is 1. The topological polar surface area (TPSA) is 74.5 Å². The van der Waals surface area contributed by atoms with Crippen LogP contribution >= 0.6 is 0 Å². The summed E-state index contributed by atoms with van der Waals surface area (Å²) in [6.07, 6.45) is 0. The Kier molecular flexibility index (Phi) is 6.55. The maximum atomic E-state index is 14.3. The molecule has 0 aliphatic carbocycles. The lowest BCUT2D eigenvalue weighted by Gasteiger charge is -2.12. The molecule has 6 aromatic rings. The molecule has 40 heavy (non-hydrogen) atoms. The number of benzene rings is 5. The third kappa shape index (κ3) is 4.69. The summed E-state index contributed by atoms with van der Waals surface area (Å²) in [7, 11) is 0. The summed E-state index contributed by atoms with van der Waals surface area (Å²) in [6.45, 7) is 0.690. The number of aromatic nitrogens is 2. The van der Waals surface area contributed by atoms with E-state index >= 15 is 0 Å². The third-order valence-corrected chi connectivity index (χ3v) is 7.09. The lowest BCUT2D eigenvalue weighted by molar-refractivity contribution is 0.689. The number of nitriles is 2. The van der Waals surface area contributed by atoms with Crippen molar-refractivity contribution in [1.82, 2.24) is 9.13 Å². The van der Waals surface area contributed by atoms with E-state index in [1.165, 1.54) is 0 Å². The molecule has 0 unspecified atom stereocenters. The molecule has 0 atom stereocenters. The SMILES string of the molecule is N#Cc1cccc(Cn2c(-c3ccccc3)c(-c3ccccc3)n(Cc3ccc4ccc(C#N)cc4c3)c2=O)c1. The van der Waals surface area contributed by atoms with Gasteiger partial charge in [0.1, 0.15) is 0 Å². The molecule has 0 radical (unpaired) electrons. The van der Waals surface area contributed by atoms with Crippen LogP contribution in [-0.4, -0.2) is 9.13 Å². The Morgan fingerprint density at radius 2 is 1.07 bits per heavy atom. The van der Waals surface area contributed by atoms with Crippen molar-refractivity contribution in [1.29, 1.82) is 10.5 Å². The van der Waals surface area contributed by atoms with Gasteiger partial charge in [0.2, 0.25) is 0 Å². The van der Waals surface area contributed by atoms with Gasteiger partial charge in [-0.1, -0.05) is 91.0 Å². The monoisotopic (exact) mass is 516 g/mol. The maximum Gasteiger partial charge on any atom is 0.329 e. The Morgan fingerprint density at radius 3 is 1.68 bits per heavy atom. The third-order valence-electron chi connectivity index (χ3n) is 7.09. The Morgan fingerprint density at radius 1 is 0.525 bits per heavy atom. The molecule has 0 saturated carbocycles. The van der Waals surface area contributed by atoms with Crippen molar-refractivity contribution in [3.63, 3.8) is 0 Å². The highest BCUT2D eigenvalue weighted by molar-refractivity contribution is 5.84. The Labute approximate surface area is 232 Å². The predicted octanol–water partition coefficient (Wildman–Crippen LogP) is 6.98. The van der Waals surface area contributed by atoms with E-state index in [0.29, 0.717) is 24.2 Å². The van der Waals surface area contributed by atoms with Gasteiger partial charge < -0.3 is 0 Å². The van der Waals surface area contributed by atoms with Crippen LogP contribution < -0.4 is 5.69 Å². The minimum atomic E-state index is -0.133. The van der Waals surface area contributed by atoms with Crippen LogP contribution in [0.4, 0.5) is 0 Å². The molecule has 1 aromatic heterocycles. The van der Waals surface area contributed by atoms with Gasteiger partial charge in [0, 0.05) is 11.1 Å². The van der Waals surface area contributed by atoms with Crippen LogP contribution in [0.15, 0.2) is 126 Å². The van der Waals surface area contributed by atoms with Gasteiger partial charge in [0.05, 0.1) is 47.7 Å². The molecule has 190 valence electrons. The van der Waals surface area contributed by atoms with Crippen LogP contribution in [0, 0.1) is 22.7 Å². The number of rotatable bonds is 6. The molecule has 0 N–H and O–H groups in total. The van der Waals surface area contributed by atoms with Crippen LogP contribution in [-0.2, 0) is 13.1 Å². The van der Waals surface area contributed by atoms with Crippen molar-refractivity contribution >= 4 is 10.8 Å². The quantitative estimate of drug-likeness (QED) is 0.240. The second-order valence-electron chi connectivity index (χ2n) is 9.70. The fraction of sp³-hybridized carbons (Fsp3) is 0.0571. The summed E-state index contributed by atoms with van der Waals surface area (Å²) in [4.78, 5) is 14.3. The molecule has 5 heteroatoms. The molecule has 0 bridgehead atoms. The zero-order valence-electron chi connectivity index (χ0n) is 21.7. The van der Waals surface area contributed by atoms with Gasteiger partial charge in [-0.15, -0.1) is 0 Å². The van der Waals surface area contributed by atoms with Crippen molar-refractivity contribution in [2.24, 2.45) is 0 Å². The predicted molar refractivity (Wildman–Crippen MR) is 158 cm³/mol. The van der Waals surface area contributed by atoms with Crippen LogP contribution in [0.1, 0.15) is 22.3 Å². The molecule has 0 aliphatic rings. The van der Waals surface area contributed by atoms with Crippen LogP contribution in [0.5, 0.6) is 0 Å². The normalized spacial score (nSPS) is 10.8. The molecule has 0 aliphatic heterocycles. The van der Waals surface area contributed by atoms with Crippen LogP contribution in [0.2, 0.25) is 0 Å². The minimum Gasteiger partial charge on any atom is -0.287 e. The van der Waals surface area contributed by atoms with Gasteiger partial charge in [-0.25, -0.2) is 4.79 Å². The average molecular weight is 517 g/mol. The summed E-state index contributed by atoms with van der Waals surface area (Å²) >= 11 is 0. The molecule has 0 amide bonds. The first-order chi connectivity index (χ1) is 19.6. The van der Waals surface area contributed by atoms with Gasteiger partial charge in [-0.05, 0) is 52.2 Å². The lowest BCUT2D eigenvalue weighted by Crippen LogP contribution is -2.26. The van der Waals surface area contributed by atoms with Crippen LogP contribution in [0.3, 0.4) is 0 Å². The van der Waals surface area contributed by atoms with E-state index < -0.39 is 0 Å². The van der Waals surface area contributed by atoms with E-state index in [1.807, 2.05) is 124 Å². The first-order valence-electron chi connectivity index (χ1n) is 13.0. The summed E-state index contributed by atoms with van der Waals surface area (Å²) < 4.78 is 3.64. The molecule has 1 heterocycles. The van der Waals surface area contributed by atoms with Crippen molar-refractivity contribution in [3.05, 3.63) is 154 Å². The van der Waals surface area contributed by atoms with Gasteiger partial charge in [0.15, 0.2) is 0 Å². The second kappa shape index (κ2) is 10.6. The summed E-state index contributed by atoms with van der Waals surface area (Å²) in [5.74, 6) is 0. The molecule has 0 saturated heterocycles. The number of fused-ring (bicyclic) bond motifs is 1. The molecular weight excluding hydrogens is 492 g/mol. The maximum absolute atomic E-state index is 14.3. The highest BCUT2D eigenvalue weighted by atomic mass is 16.1. The second-order valence-corrected chi connectivity index (χ2v) is 9.70. The van der Waals surface area contributed by atoms with Crippen molar-refractivity contribution in [2.45, 2.75) is 13.1 Å². The van der Waals surface area contributed by atoms with Gasteiger partial charge in [0.25, 0.3) is 0 Å². The van der Waals surface area contributed by atoms with E-state index in [1.54, 1.807) is 6.07 Å². The molecule has 5 aromatic carbocycles. The zero-order valence-corrected chi connectivity index (χ0v) is 21.7. The van der Waals surface area contributed by atoms with Crippen molar-refractivity contribution in [2.75, 3.05) is 0 Å². The number of hydrogen-bond donors (Lipinski definition) is 0. The molecule has 5 nitrogen and oxygen atoms in total. The zero-order chi connectivity index (χ0) is 27.5. The van der Waals surface area contributed by atoms with Gasteiger partial charge in [-0.3, -0.25) is 9.13 Å². The number of nitrogens with zero attached hydrogens (tertiary/aromatic N) is 4. The summed E-state index contributed by atoms with van der Waals surface area (Å²) in [6, 6.07) is 43.5. The largest absolute Gasteiger partial charge is 0.329 e. The highest BCUT2D eigenvalue weighted by Gasteiger charge is 2.23. The minimum absolute atomic E-state index is 0.133. The fourth-order valence-electron chi connectivity index (χ4n) is 5.23. The van der Waals surface area contributed by atoms with Gasteiger partial charge >= 0.3 is 5.69 Å². The van der Waals surface area contributed by atoms with E-state index in [0.717, 1.165) is 44.4 Å². The van der Waals surface area contributed by atoms with Gasteiger partial charge in [-0.2, -0.15) is 10.5 Å². The molecule has 0 fully saturated rings. The smallest absolute Gasteiger partial charge is 0.287 e. The summed E-state index contributed by atoms with van der Waals surface area (Å²) in [5, 5.41) is 20.8. The Hall–Kier alpha value is -5.65. The van der Waals surface area contributed by atoms with E-state index in [4.69, 9.17) is 0 Å². The van der Waals surface area contributed by atoms with E-state index in [9.17, 15) is 15.3 Å². The highest BCUT2D eigenvalue weighted by Crippen LogP contribution is 2.33. The van der Waals surface area contributed by atoms with Crippen molar-refractivity contribution < 1.29 is 0 Å². The summed E-state index contributed by atoms with van der Waals surface area (Å²) in [5.41, 5.74) is 6.40. The number of hydrogen-bond acceptors (Lipinski definition) is 3. The standard InChI is InChI=1S/C35H24N4O/c36-21-25-8-7-9-27(18-25)23-38-33(30-10-3-1-4-11-30)34(31-12-5-2-6-13-31)39(35(38)40)24-28-15-17-29-16-14-26(22-37)19-32(29)20-28/h1-20H,23-24H2. The van der Waals surface area contributed by atoms with E-state index in [2.05, 4.69) is 12.1 Å². The van der Waals surface area contributed by atoms with Crippen molar-refractivity contribution in [3.8, 4) is 34.7 Å². The molecule has 0 spiro atoms. The lowest BCUT2D eigenvalue weighted by atomic mass is 10.0. The first-order valence-corrected chi connectivity index (χ1v) is 13.0.